The van der Waals surface area contributed by atoms with E-state index in [2.05, 4.69) is 4.98 Å². The predicted molar refractivity (Wildman–Crippen MR) is 112 cm³/mol. The van der Waals surface area contributed by atoms with Crippen molar-refractivity contribution in [3.05, 3.63) is 62.6 Å². The van der Waals surface area contributed by atoms with E-state index >= 15 is 0 Å². The third-order valence-corrected chi connectivity index (χ3v) is 5.53. The van der Waals surface area contributed by atoms with E-state index < -0.39 is 17.6 Å². The van der Waals surface area contributed by atoms with E-state index in [1.54, 1.807) is 25.7 Å². The van der Waals surface area contributed by atoms with Gasteiger partial charge in [-0.05, 0) is 62.8 Å². The van der Waals surface area contributed by atoms with Crippen LogP contribution in [0.2, 0.25) is 0 Å². The van der Waals surface area contributed by atoms with Crippen LogP contribution < -0.4 is 10.5 Å². The summed E-state index contributed by atoms with van der Waals surface area (Å²) in [5.41, 5.74) is 3.55. The van der Waals surface area contributed by atoms with Crippen molar-refractivity contribution >= 4 is 17.6 Å². The smallest absolute Gasteiger partial charge is 0.306 e. The molecule has 0 fully saturated rings. The lowest BCUT2D eigenvalue weighted by Gasteiger charge is -2.31. The number of H-pyrrole nitrogens is 1. The molecule has 0 unspecified atom stereocenters. The summed E-state index contributed by atoms with van der Waals surface area (Å²) in [6.45, 7) is 5.61. The zero-order chi connectivity index (χ0) is 21.8. The minimum absolute atomic E-state index is 0.0484. The van der Waals surface area contributed by atoms with Gasteiger partial charge in [-0.15, -0.1) is 0 Å². The molecule has 2 aromatic rings. The molecule has 156 valence electrons. The van der Waals surface area contributed by atoms with E-state index in [0.717, 1.165) is 29.7 Å². The van der Waals surface area contributed by atoms with Crippen LogP contribution in [0.15, 0.2) is 29.1 Å². The third kappa shape index (κ3) is 4.28. The molecule has 7 heteroatoms. The molecule has 2 heterocycles. The minimum Gasteiger partial charge on any atom is -0.453 e. The highest BCUT2D eigenvalue weighted by atomic mass is 16.5. The lowest BCUT2D eigenvalue weighted by Crippen LogP contribution is -2.42. The quantitative estimate of drug-likeness (QED) is 0.768. The molecule has 1 amide bonds. The second kappa shape index (κ2) is 8.95. The molecule has 0 radical (unpaired) electrons. The first-order chi connectivity index (χ1) is 14.3. The first-order valence-corrected chi connectivity index (χ1v) is 10.0. The number of hydrogen-bond donors (Lipinski definition) is 1. The first kappa shape index (κ1) is 21.3. The molecular weight excluding hydrogens is 382 g/mol. The van der Waals surface area contributed by atoms with Crippen LogP contribution in [0, 0.1) is 25.2 Å². The summed E-state index contributed by atoms with van der Waals surface area (Å²) in [5, 5.41) is 9.16. The summed E-state index contributed by atoms with van der Waals surface area (Å²) < 4.78 is 5.40. The van der Waals surface area contributed by atoms with Crippen molar-refractivity contribution in [3.8, 4) is 6.07 Å². The maximum Gasteiger partial charge on any atom is 0.306 e. The summed E-state index contributed by atoms with van der Waals surface area (Å²) in [4.78, 5) is 41.4. The fourth-order valence-corrected chi connectivity index (χ4v) is 3.94. The van der Waals surface area contributed by atoms with Crippen molar-refractivity contribution in [2.75, 3.05) is 11.4 Å². The minimum atomic E-state index is -0.893. The number of carbonyl (C=O) groups is 2. The molecule has 1 aliphatic rings. The highest BCUT2D eigenvalue weighted by molar-refractivity contribution is 5.98. The van der Waals surface area contributed by atoms with Gasteiger partial charge in [0.15, 0.2) is 6.10 Å². The van der Waals surface area contributed by atoms with E-state index in [1.807, 2.05) is 30.3 Å². The van der Waals surface area contributed by atoms with Gasteiger partial charge in [0, 0.05) is 24.3 Å². The van der Waals surface area contributed by atoms with E-state index in [0.29, 0.717) is 24.2 Å². The molecule has 1 aromatic carbocycles. The van der Waals surface area contributed by atoms with Gasteiger partial charge in [-0.25, -0.2) is 0 Å². The van der Waals surface area contributed by atoms with Gasteiger partial charge in [-0.3, -0.25) is 14.4 Å². The van der Waals surface area contributed by atoms with Crippen molar-refractivity contribution in [1.29, 1.82) is 5.26 Å². The largest absolute Gasteiger partial charge is 0.453 e. The summed E-state index contributed by atoms with van der Waals surface area (Å²) in [6.07, 6.45) is 1.27. The molecule has 1 atom stereocenters. The summed E-state index contributed by atoms with van der Waals surface area (Å²) in [5.74, 6) is -0.733. The van der Waals surface area contributed by atoms with Gasteiger partial charge in [0.25, 0.3) is 11.5 Å². The van der Waals surface area contributed by atoms with Crippen LogP contribution in [-0.4, -0.2) is 29.5 Å². The summed E-state index contributed by atoms with van der Waals surface area (Å²) >= 11 is 0. The van der Waals surface area contributed by atoms with Gasteiger partial charge in [-0.2, -0.15) is 5.26 Å². The summed E-state index contributed by atoms with van der Waals surface area (Å²) in [7, 11) is 0. The Morgan fingerprint density at radius 3 is 2.77 bits per heavy atom. The number of ether oxygens (including phenoxy) is 1. The predicted octanol–water partition coefficient (Wildman–Crippen LogP) is 2.71. The number of nitrogens with one attached hydrogen (secondary N) is 1. The molecule has 1 aromatic heterocycles. The van der Waals surface area contributed by atoms with Crippen LogP contribution >= 0.6 is 0 Å². The highest BCUT2D eigenvalue weighted by Gasteiger charge is 2.28. The average Bonchev–Trinajstić information content (AvgIpc) is 2.72. The molecule has 0 saturated carbocycles. The number of esters is 1. The maximum absolute atomic E-state index is 12.9. The van der Waals surface area contributed by atoms with Gasteiger partial charge in [0.2, 0.25) is 0 Å². The van der Waals surface area contributed by atoms with Crippen molar-refractivity contribution in [1.82, 2.24) is 4.98 Å². The second-order valence-corrected chi connectivity index (χ2v) is 7.52. The van der Waals surface area contributed by atoms with Gasteiger partial charge in [0.05, 0.1) is 0 Å². The number of aromatic nitrogens is 1. The zero-order valence-corrected chi connectivity index (χ0v) is 17.4. The number of anilines is 1. The number of rotatable bonds is 5. The Labute approximate surface area is 175 Å². The number of aryl methyl sites for hydroxylation is 2. The van der Waals surface area contributed by atoms with Gasteiger partial charge in [-0.1, -0.05) is 18.2 Å². The lowest BCUT2D eigenvalue weighted by atomic mass is 9.99. The van der Waals surface area contributed by atoms with Crippen LogP contribution in [0.1, 0.15) is 47.7 Å². The molecule has 3 rings (SSSR count). The number of benzene rings is 1. The number of pyridine rings is 1. The normalized spacial score (nSPS) is 13.9. The Morgan fingerprint density at radius 2 is 2.03 bits per heavy atom. The van der Waals surface area contributed by atoms with E-state index in [4.69, 9.17) is 10.00 Å². The maximum atomic E-state index is 12.9. The van der Waals surface area contributed by atoms with Crippen molar-refractivity contribution in [3.63, 3.8) is 0 Å². The first-order valence-electron chi connectivity index (χ1n) is 10.0. The summed E-state index contributed by atoms with van der Waals surface area (Å²) in [6, 6.07) is 9.67. The molecule has 1 aliphatic heterocycles. The number of fused-ring (bicyclic) bond motifs is 1. The number of aromatic amines is 1. The third-order valence-electron chi connectivity index (χ3n) is 5.53. The van der Waals surface area contributed by atoms with E-state index in [9.17, 15) is 14.4 Å². The molecule has 0 aliphatic carbocycles. The molecule has 0 saturated heterocycles. The van der Waals surface area contributed by atoms with Gasteiger partial charge >= 0.3 is 5.97 Å². The van der Waals surface area contributed by atoms with Gasteiger partial charge in [0.1, 0.15) is 11.6 Å². The van der Waals surface area contributed by atoms with Gasteiger partial charge < -0.3 is 14.6 Å². The topological polar surface area (TPSA) is 103 Å². The standard InChI is InChI=1S/C23H25N3O4/c1-14-18(15(2)25-22(28)19(14)13-24)10-11-21(27)30-16(3)23(29)26-12-6-8-17-7-4-5-9-20(17)26/h4-5,7,9,16H,6,8,10-12H2,1-3H3,(H,25,28)/t16-/m1/s1. The molecule has 1 N–H and O–H groups in total. The van der Waals surface area contributed by atoms with Crippen LogP contribution in [-0.2, 0) is 27.2 Å². The highest BCUT2D eigenvalue weighted by Crippen LogP contribution is 2.27. The number of hydrogen-bond acceptors (Lipinski definition) is 5. The Bertz CT molecular complexity index is 1080. The fraction of sp³-hybridized carbons (Fsp3) is 0.391. The van der Waals surface area contributed by atoms with Crippen LogP contribution in [0.3, 0.4) is 0 Å². The Kier molecular flexibility index (Phi) is 6.36. The molecular formula is C23H25N3O4. The number of carbonyl (C=O) groups excluding carboxylic acids is 2. The van der Waals surface area contributed by atoms with Crippen molar-refractivity contribution in [2.45, 2.75) is 52.6 Å². The molecule has 30 heavy (non-hydrogen) atoms. The number of amides is 1. The van der Waals surface area contributed by atoms with Crippen molar-refractivity contribution < 1.29 is 14.3 Å². The van der Waals surface area contributed by atoms with Crippen molar-refractivity contribution in [2.24, 2.45) is 0 Å². The Morgan fingerprint density at radius 1 is 1.30 bits per heavy atom. The van der Waals surface area contributed by atoms with Crippen LogP contribution in [0.4, 0.5) is 5.69 Å². The SMILES string of the molecule is Cc1[nH]c(=O)c(C#N)c(C)c1CCC(=O)O[C@H](C)C(=O)N1CCCc2ccccc21. The zero-order valence-electron chi connectivity index (χ0n) is 17.4. The van der Waals surface area contributed by atoms with Crippen LogP contribution in [0.25, 0.3) is 0 Å². The average molecular weight is 407 g/mol. The van der Waals surface area contributed by atoms with E-state index in [-0.39, 0.29) is 17.9 Å². The second-order valence-electron chi connectivity index (χ2n) is 7.52. The number of nitriles is 1. The Hall–Kier alpha value is -3.40. The van der Waals surface area contributed by atoms with E-state index in [1.165, 1.54) is 0 Å². The molecule has 0 bridgehead atoms. The lowest BCUT2D eigenvalue weighted by molar-refractivity contribution is -0.153. The number of nitrogens with zero attached hydrogens (tertiary/aromatic N) is 2. The fourth-order valence-electron chi connectivity index (χ4n) is 3.94. The molecule has 0 spiro atoms. The monoisotopic (exact) mass is 407 g/mol. The van der Waals surface area contributed by atoms with Crippen LogP contribution in [0.5, 0.6) is 0 Å². The number of para-hydroxylation sites is 1. The Balaban J connectivity index is 1.64. The molecule has 7 nitrogen and oxygen atoms in total.